The first kappa shape index (κ1) is 9.83. The molecule has 0 saturated carbocycles. The summed E-state index contributed by atoms with van der Waals surface area (Å²) in [5.41, 5.74) is 0.827. The maximum Gasteiger partial charge on any atom is 0.208 e. The fourth-order valence-corrected chi connectivity index (χ4v) is 1.06. The molecular weight excluding hydrogens is 168 g/mol. The predicted molar refractivity (Wildman–Crippen MR) is 50.0 cm³/mol. The second-order valence-electron chi connectivity index (χ2n) is 2.58. The van der Waals surface area contributed by atoms with Gasteiger partial charge < -0.3 is 9.84 Å². The van der Waals surface area contributed by atoms with Crippen LogP contribution in [0.15, 0.2) is 35.9 Å². The van der Waals surface area contributed by atoms with Crippen molar-refractivity contribution in [3.63, 3.8) is 0 Å². The van der Waals surface area contributed by atoms with Gasteiger partial charge in [-0.1, -0.05) is 12.2 Å². The predicted octanol–water partition coefficient (Wildman–Crippen LogP) is 0.486. The third kappa shape index (κ3) is 2.34. The number of rotatable bonds is 3. The molecule has 13 heavy (non-hydrogen) atoms. The van der Waals surface area contributed by atoms with Crippen molar-refractivity contribution in [1.82, 2.24) is 5.01 Å². The van der Waals surface area contributed by atoms with Crippen LogP contribution in [0.2, 0.25) is 0 Å². The highest BCUT2D eigenvalue weighted by atomic mass is 16.5. The smallest absolute Gasteiger partial charge is 0.208 e. The second kappa shape index (κ2) is 4.69. The first-order valence-corrected chi connectivity index (χ1v) is 4.07. The molecule has 4 heteroatoms. The van der Waals surface area contributed by atoms with Crippen molar-refractivity contribution in [1.29, 1.82) is 0 Å². The Morgan fingerprint density at radius 1 is 1.69 bits per heavy atom. The zero-order chi connectivity index (χ0) is 9.68. The number of aliphatic hydroxyl groups is 1. The average molecular weight is 182 g/mol. The summed E-state index contributed by atoms with van der Waals surface area (Å²) in [6.45, 7) is 0.122. The standard InChI is InChI=1S/C9H14N2O2/c1-13-9-6-2-4-8(11(9)10)5-3-7-12/h2,4-6,12H,3,7,10H2,1H3/b8-5-. The van der Waals surface area contributed by atoms with Crippen LogP contribution in [-0.4, -0.2) is 23.8 Å². The Hall–Kier alpha value is -1.26. The van der Waals surface area contributed by atoms with Gasteiger partial charge in [0.15, 0.2) is 0 Å². The molecule has 72 valence electrons. The SMILES string of the molecule is COC1=CC=C/C(=C/CCO)N1N. The molecule has 1 heterocycles. The minimum Gasteiger partial charge on any atom is -0.481 e. The van der Waals surface area contributed by atoms with Gasteiger partial charge in [-0.25, -0.2) is 10.9 Å². The fraction of sp³-hybridized carbons (Fsp3) is 0.333. The Morgan fingerprint density at radius 2 is 2.46 bits per heavy atom. The highest BCUT2D eigenvalue weighted by molar-refractivity contribution is 5.29. The molecule has 0 unspecified atom stereocenters. The Morgan fingerprint density at radius 3 is 3.08 bits per heavy atom. The van der Waals surface area contributed by atoms with Gasteiger partial charge in [0.05, 0.1) is 12.8 Å². The monoisotopic (exact) mass is 182 g/mol. The number of nitrogens with zero attached hydrogens (tertiary/aromatic N) is 1. The quantitative estimate of drug-likeness (QED) is 0.623. The molecule has 1 aliphatic heterocycles. The van der Waals surface area contributed by atoms with Gasteiger partial charge in [0.25, 0.3) is 0 Å². The molecule has 1 aliphatic rings. The molecule has 4 nitrogen and oxygen atoms in total. The van der Waals surface area contributed by atoms with Crippen LogP contribution in [0.1, 0.15) is 6.42 Å². The normalized spacial score (nSPS) is 19.2. The van der Waals surface area contributed by atoms with Gasteiger partial charge in [0, 0.05) is 6.61 Å². The molecule has 0 aliphatic carbocycles. The topological polar surface area (TPSA) is 58.7 Å². The third-order valence-corrected chi connectivity index (χ3v) is 1.71. The van der Waals surface area contributed by atoms with Gasteiger partial charge in [0.1, 0.15) is 0 Å². The lowest BCUT2D eigenvalue weighted by Gasteiger charge is -2.23. The van der Waals surface area contributed by atoms with Crippen LogP contribution < -0.4 is 5.84 Å². The van der Waals surface area contributed by atoms with Crippen molar-refractivity contribution in [3.05, 3.63) is 35.9 Å². The molecular formula is C9H14N2O2. The van der Waals surface area contributed by atoms with Gasteiger partial charge >= 0.3 is 0 Å². The number of aliphatic hydroxyl groups excluding tert-OH is 1. The Balaban J connectivity index is 2.71. The van der Waals surface area contributed by atoms with Crippen LogP contribution in [0.3, 0.4) is 0 Å². The molecule has 0 aromatic rings. The Kier molecular flexibility index (Phi) is 3.54. The van der Waals surface area contributed by atoms with Crippen LogP contribution >= 0.6 is 0 Å². The summed E-state index contributed by atoms with van der Waals surface area (Å²) < 4.78 is 5.02. The lowest BCUT2D eigenvalue weighted by atomic mass is 10.2. The second-order valence-corrected chi connectivity index (χ2v) is 2.58. The third-order valence-electron chi connectivity index (χ3n) is 1.71. The fourth-order valence-electron chi connectivity index (χ4n) is 1.06. The number of allylic oxidation sites excluding steroid dienone is 3. The maximum atomic E-state index is 8.63. The van der Waals surface area contributed by atoms with Crippen molar-refractivity contribution in [2.75, 3.05) is 13.7 Å². The van der Waals surface area contributed by atoms with E-state index in [1.807, 2.05) is 18.2 Å². The molecule has 0 saturated heterocycles. The lowest BCUT2D eigenvalue weighted by Crippen LogP contribution is -2.31. The molecule has 0 amide bonds. The summed E-state index contributed by atoms with van der Waals surface area (Å²) >= 11 is 0. The zero-order valence-corrected chi connectivity index (χ0v) is 7.60. The van der Waals surface area contributed by atoms with Crippen molar-refractivity contribution in [2.45, 2.75) is 6.42 Å². The number of methoxy groups -OCH3 is 1. The van der Waals surface area contributed by atoms with Crippen molar-refractivity contribution >= 4 is 0 Å². The van der Waals surface area contributed by atoms with Crippen LogP contribution in [0.5, 0.6) is 0 Å². The first-order valence-electron chi connectivity index (χ1n) is 4.07. The van der Waals surface area contributed by atoms with Gasteiger partial charge in [-0.3, -0.25) is 0 Å². The molecule has 1 rings (SSSR count). The van der Waals surface area contributed by atoms with Crippen LogP contribution in [0, 0.1) is 0 Å². The molecule has 0 aromatic heterocycles. The number of nitrogens with two attached hydrogens (primary N) is 1. The maximum absolute atomic E-state index is 8.63. The van der Waals surface area contributed by atoms with Gasteiger partial charge in [-0.2, -0.15) is 0 Å². The minimum absolute atomic E-state index is 0.122. The highest BCUT2D eigenvalue weighted by Gasteiger charge is 2.10. The average Bonchev–Trinajstić information content (AvgIpc) is 2.16. The van der Waals surface area contributed by atoms with Gasteiger partial charge in [-0.05, 0) is 18.6 Å². The van der Waals surface area contributed by atoms with E-state index < -0.39 is 0 Å². The van der Waals surface area contributed by atoms with E-state index in [1.54, 1.807) is 13.2 Å². The van der Waals surface area contributed by atoms with E-state index in [-0.39, 0.29) is 6.61 Å². The Bertz CT molecular complexity index is 256. The van der Waals surface area contributed by atoms with Gasteiger partial charge in [-0.15, -0.1) is 0 Å². The van der Waals surface area contributed by atoms with E-state index in [1.165, 1.54) is 5.01 Å². The van der Waals surface area contributed by atoms with E-state index in [2.05, 4.69) is 0 Å². The number of hydrogen-bond donors (Lipinski definition) is 2. The van der Waals surface area contributed by atoms with E-state index >= 15 is 0 Å². The molecule has 0 spiro atoms. The lowest BCUT2D eigenvalue weighted by molar-refractivity contribution is 0.181. The molecule has 3 N–H and O–H groups in total. The molecule has 0 fully saturated rings. The summed E-state index contributed by atoms with van der Waals surface area (Å²) in [6, 6.07) is 0. The summed E-state index contributed by atoms with van der Waals surface area (Å²) in [5.74, 6) is 6.30. The summed E-state index contributed by atoms with van der Waals surface area (Å²) in [6.07, 6.45) is 7.92. The number of hydrazine groups is 1. The number of ether oxygens (including phenoxy) is 1. The molecule has 0 radical (unpaired) electrons. The molecule has 0 atom stereocenters. The van der Waals surface area contributed by atoms with E-state index in [0.717, 1.165) is 5.70 Å². The van der Waals surface area contributed by atoms with Gasteiger partial charge in [0.2, 0.25) is 5.88 Å². The summed E-state index contributed by atoms with van der Waals surface area (Å²) in [5, 5.41) is 10.1. The van der Waals surface area contributed by atoms with Crippen LogP contribution in [0.4, 0.5) is 0 Å². The van der Waals surface area contributed by atoms with Crippen molar-refractivity contribution in [2.24, 2.45) is 5.84 Å². The molecule has 0 aromatic carbocycles. The van der Waals surface area contributed by atoms with Crippen LogP contribution in [-0.2, 0) is 4.74 Å². The van der Waals surface area contributed by atoms with Crippen molar-refractivity contribution < 1.29 is 9.84 Å². The summed E-state index contributed by atoms with van der Waals surface area (Å²) in [4.78, 5) is 0. The Labute approximate surface area is 77.6 Å². The van der Waals surface area contributed by atoms with Crippen molar-refractivity contribution in [3.8, 4) is 0 Å². The summed E-state index contributed by atoms with van der Waals surface area (Å²) in [7, 11) is 1.56. The van der Waals surface area contributed by atoms with E-state index in [0.29, 0.717) is 12.3 Å². The number of hydrogen-bond acceptors (Lipinski definition) is 4. The largest absolute Gasteiger partial charge is 0.481 e. The van der Waals surface area contributed by atoms with E-state index in [9.17, 15) is 0 Å². The zero-order valence-electron chi connectivity index (χ0n) is 7.60. The first-order chi connectivity index (χ1) is 6.29. The highest BCUT2D eigenvalue weighted by Crippen LogP contribution is 2.15. The molecule has 0 bridgehead atoms. The van der Waals surface area contributed by atoms with Crippen LogP contribution in [0.25, 0.3) is 0 Å². The van der Waals surface area contributed by atoms with E-state index in [4.69, 9.17) is 15.7 Å². The minimum atomic E-state index is 0.122.